The lowest BCUT2D eigenvalue weighted by Crippen LogP contribution is -2.28. The van der Waals surface area contributed by atoms with Crippen molar-refractivity contribution in [2.24, 2.45) is 0 Å². The molecule has 0 aliphatic heterocycles. The van der Waals surface area contributed by atoms with E-state index < -0.39 is 23.7 Å². The second-order valence-corrected chi connectivity index (χ2v) is 10.5. The Kier molecular flexibility index (Phi) is 8.84. The first-order valence-electron chi connectivity index (χ1n) is 13.0. The van der Waals surface area contributed by atoms with Gasteiger partial charge in [0.05, 0.1) is 11.2 Å². The normalized spacial score (nSPS) is 12.4. The minimum atomic E-state index is -0.881. The quantitative estimate of drug-likeness (QED) is 0.278. The predicted molar refractivity (Wildman–Crippen MR) is 146 cm³/mol. The molecule has 0 saturated carbocycles. The summed E-state index contributed by atoms with van der Waals surface area (Å²) < 4.78 is 13.2. The summed E-state index contributed by atoms with van der Waals surface area (Å²) in [5.74, 6) is 0.463. The van der Waals surface area contributed by atoms with Crippen LogP contribution < -0.4 is 10.1 Å². The summed E-state index contributed by atoms with van der Waals surface area (Å²) in [6.07, 6.45) is 3.87. The number of aryl methyl sites for hydroxylation is 3. The molecule has 200 valence electrons. The molecule has 0 bridgehead atoms. The first-order valence-corrected chi connectivity index (χ1v) is 13.0. The number of carboxylic acids is 1. The Labute approximate surface area is 219 Å². The smallest absolute Gasteiger partial charge is 0.435 e. The highest BCUT2D eigenvalue weighted by atomic mass is 16.6. The molecule has 1 heterocycles. The van der Waals surface area contributed by atoms with Crippen molar-refractivity contribution in [3.05, 3.63) is 47.2 Å². The number of hydrogen-bond donors (Lipinski definition) is 2. The number of carboxylic acid groups (broad SMARTS) is 1. The highest BCUT2D eigenvalue weighted by Gasteiger charge is 2.23. The van der Waals surface area contributed by atoms with Crippen LogP contribution in [0.1, 0.15) is 77.1 Å². The van der Waals surface area contributed by atoms with Crippen LogP contribution in [0, 0.1) is 13.8 Å². The van der Waals surface area contributed by atoms with E-state index in [-0.39, 0.29) is 0 Å². The summed E-state index contributed by atoms with van der Waals surface area (Å²) >= 11 is 0. The number of benzene rings is 2. The number of nitrogens with zero attached hydrogens (tertiary/aromatic N) is 2. The molecule has 0 saturated heterocycles. The molecule has 0 radical (unpaired) electrons. The van der Waals surface area contributed by atoms with Crippen LogP contribution in [-0.4, -0.2) is 38.6 Å². The van der Waals surface area contributed by atoms with Crippen LogP contribution >= 0.6 is 0 Å². The van der Waals surface area contributed by atoms with Gasteiger partial charge in [-0.3, -0.25) is 0 Å². The molecule has 8 nitrogen and oxygen atoms in total. The molecule has 1 unspecified atom stereocenters. The molecule has 0 spiro atoms. The zero-order chi connectivity index (χ0) is 27.3. The molecule has 0 amide bonds. The molecule has 2 aromatic carbocycles. The highest BCUT2D eigenvalue weighted by molar-refractivity contribution is 5.91. The van der Waals surface area contributed by atoms with Gasteiger partial charge in [0.25, 0.3) is 0 Å². The summed E-state index contributed by atoms with van der Waals surface area (Å²) in [5, 5.41) is 17.9. The number of carbonyl (C=O) groups excluding carboxylic acids is 1. The largest absolute Gasteiger partial charge is 0.480 e. The Morgan fingerprint density at radius 2 is 1.76 bits per heavy atom. The van der Waals surface area contributed by atoms with Crippen LogP contribution in [0.15, 0.2) is 30.3 Å². The van der Waals surface area contributed by atoms with Crippen LogP contribution in [0.2, 0.25) is 0 Å². The molecule has 0 fully saturated rings. The number of aliphatic carboxylic acids is 1. The fourth-order valence-electron chi connectivity index (χ4n) is 4.25. The van der Waals surface area contributed by atoms with E-state index >= 15 is 0 Å². The van der Waals surface area contributed by atoms with Gasteiger partial charge < -0.3 is 19.9 Å². The van der Waals surface area contributed by atoms with E-state index in [0.29, 0.717) is 23.4 Å². The Bertz CT molecular complexity index is 1250. The highest BCUT2D eigenvalue weighted by Crippen LogP contribution is 2.34. The van der Waals surface area contributed by atoms with Crippen molar-refractivity contribution in [2.75, 3.05) is 5.32 Å². The zero-order valence-corrected chi connectivity index (χ0v) is 23.0. The second-order valence-electron chi connectivity index (χ2n) is 10.5. The van der Waals surface area contributed by atoms with Crippen molar-refractivity contribution >= 4 is 28.7 Å². The molecule has 2 N–H and O–H groups in total. The van der Waals surface area contributed by atoms with Gasteiger partial charge in [0, 0.05) is 11.1 Å². The molecular formula is C29H39N3O5. The summed E-state index contributed by atoms with van der Waals surface area (Å²) in [7, 11) is 0. The Balaban J connectivity index is 1.95. The number of ether oxygens (including phenoxy) is 2. The van der Waals surface area contributed by atoms with Gasteiger partial charge in [-0.2, -0.15) is 9.78 Å². The van der Waals surface area contributed by atoms with E-state index in [9.17, 15) is 14.7 Å². The molecule has 0 aliphatic rings. The van der Waals surface area contributed by atoms with Crippen molar-refractivity contribution in [3.8, 4) is 11.5 Å². The number of carbonyl (C=O) groups is 2. The summed E-state index contributed by atoms with van der Waals surface area (Å²) in [4.78, 5) is 24.3. The fourth-order valence-corrected chi connectivity index (χ4v) is 4.25. The van der Waals surface area contributed by atoms with Crippen molar-refractivity contribution < 1.29 is 24.2 Å². The summed E-state index contributed by atoms with van der Waals surface area (Å²) in [5.41, 5.74) is 3.40. The number of aromatic nitrogens is 2. The molecule has 37 heavy (non-hydrogen) atoms. The van der Waals surface area contributed by atoms with Crippen molar-refractivity contribution in [3.63, 3.8) is 0 Å². The first-order chi connectivity index (χ1) is 17.4. The van der Waals surface area contributed by atoms with Gasteiger partial charge in [-0.25, -0.2) is 9.59 Å². The van der Waals surface area contributed by atoms with Gasteiger partial charge >= 0.3 is 12.1 Å². The maximum atomic E-state index is 12.9. The number of unbranched alkanes of at least 4 members (excludes halogenated alkanes) is 2. The van der Waals surface area contributed by atoms with Crippen LogP contribution in [-0.2, 0) is 16.0 Å². The number of hydrogen-bond acceptors (Lipinski definition) is 6. The predicted octanol–water partition coefficient (Wildman–Crippen LogP) is 7.24. The lowest BCUT2D eigenvalue weighted by molar-refractivity contribution is -0.137. The number of fused-ring (bicyclic) bond motifs is 1. The maximum absolute atomic E-state index is 12.9. The van der Waals surface area contributed by atoms with E-state index in [1.54, 1.807) is 0 Å². The SMILES string of the molecule is CCCCCc1nn(C(=O)OC(C)(C)C)c2ccc(Oc3c(C)cc(NC(CC)C(=O)O)cc3C)cc12. The van der Waals surface area contributed by atoms with E-state index in [1.807, 2.05) is 71.9 Å². The van der Waals surface area contributed by atoms with Crippen LogP contribution in [0.3, 0.4) is 0 Å². The third-order valence-corrected chi connectivity index (χ3v) is 6.04. The average molecular weight is 510 g/mol. The average Bonchev–Trinajstić information content (AvgIpc) is 3.17. The van der Waals surface area contributed by atoms with Gasteiger partial charge in [0.1, 0.15) is 23.1 Å². The second kappa shape index (κ2) is 11.7. The number of rotatable bonds is 10. The van der Waals surface area contributed by atoms with Gasteiger partial charge in [-0.05, 0) is 95.3 Å². The Hall–Kier alpha value is -3.55. The van der Waals surface area contributed by atoms with Crippen LogP contribution in [0.5, 0.6) is 11.5 Å². The molecule has 8 heteroatoms. The van der Waals surface area contributed by atoms with Crippen LogP contribution in [0.25, 0.3) is 10.9 Å². The molecule has 3 rings (SSSR count). The third-order valence-electron chi connectivity index (χ3n) is 6.04. The lowest BCUT2D eigenvalue weighted by atomic mass is 10.1. The van der Waals surface area contributed by atoms with Crippen molar-refractivity contribution in [2.45, 2.75) is 92.2 Å². The number of nitrogens with one attached hydrogen (secondary N) is 1. The van der Waals surface area contributed by atoms with Gasteiger partial charge in [0.15, 0.2) is 0 Å². The standard InChI is InChI=1S/C29H39N3O5/c1-8-10-11-12-24-22-17-21(13-14-25(22)32(31-24)28(35)37-29(5,6)7)36-26-18(3)15-20(16-19(26)4)30-23(9-2)27(33)34/h13-17,23,30H,8-12H2,1-7H3,(H,33,34). The topological polar surface area (TPSA) is 103 Å². The van der Waals surface area contributed by atoms with E-state index in [4.69, 9.17) is 9.47 Å². The summed E-state index contributed by atoms with van der Waals surface area (Å²) in [6, 6.07) is 8.72. The van der Waals surface area contributed by atoms with Crippen molar-refractivity contribution in [1.82, 2.24) is 9.78 Å². The first kappa shape index (κ1) is 28.0. The monoisotopic (exact) mass is 509 g/mol. The fraction of sp³-hybridized carbons (Fsp3) is 0.483. The van der Waals surface area contributed by atoms with E-state index in [1.165, 1.54) is 4.68 Å². The molecule has 3 aromatic rings. The van der Waals surface area contributed by atoms with Crippen LogP contribution in [0.4, 0.5) is 10.5 Å². The minimum absolute atomic E-state index is 0.475. The zero-order valence-electron chi connectivity index (χ0n) is 23.0. The lowest BCUT2D eigenvalue weighted by Gasteiger charge is -2.19. The Morgan fingerprint density at radius 3 is 2.32 bits per heavy atom. The Morgan fingerprint density at radius 1 is 1.08 bits per heavy atom. The summed E-state index contributed by atoms with van der Waals surface area (Å²) in [6.45, 7) is 13.4. The van der Waals surface area contributed by atoms with Gasteiger partial charge in [-0.15, -0.1) is 0 Å². The molecule has 1 aromatic heterocycles. The molecule has 1 atom stereocenters. The number of anilines is 1. The van der Waals surface area contributed by atoms with Gasteiger partial charge in [0.2, 0.25) is 0 Å². The van der Waals surface area contributed by atoms with Gasteiger partial charge in [-0.1, -0.05) is 26.7 Å². The van der Waals surface area contributed by atoms with Crippen molar-refractivity contribution in [1.29, 1.82) is 0 Å². The third kappa shape index (κ3) is 7.02. The minimum Gasteiger partial charge on any atom is -0.480 e. The maximum Gasteiger partial charge on any atom is 0.435 e. The van der Waals surface area contributed by atoms with E-state index in [0.717, 1.165) is 53.6 Å². The van der Waals surface area contributed by atoms with E-state index in [2.05, 4.69) is 17.3 Å². The molecule has 0 aliphatic carbocycles. The molecular weight excluding hydrogens is 470 g/mol.